The molecule has 0 aliphatic carbocycles. The number of rotatable bonds is 5. The van der Waals surface area contributed by atoms with Crippen molar-refractivity contribution in [2.24, 2.45) is 0 Å². The third-order valence-corrected chi connectivity index (χ3v) is 2.94. The molecule has 1 atom stereocenters. The summed E-state index contributed by atoms with van der Waals surface area (Å²) in [6.07, 6.45) is 4.51. The Balaban J connectivity index is 2.77. The second-order valence-corrected chi connectivity index (χ2v) is 4.25. The minimum absolute atomic E-state index is 0.00183. The van der Waals surface area contributed by atoms with Crippen LogP contribution in [-0.4, -0.2) is 27.9 Å². The van der Waals surface area contributed by atoms with E-state index in [0.717, 1.165) is 12.1 Å². The van der Waals surface area contributed by atoms with Crippen LogP contribution < -0.4 is 4.74 Å². The molecular weight excluding hydrogens is 222 g/mol. The van der Waals surface area contributed by atoms with Gasteiger partial charge in [-0.2, -0.15) is 4.98 Å². The Bertz CT molecular complexity index is 357. The van der Waals surface area contributed by atoms with E-state index in [1.54, 1.807) is 6.20 Å². The highest BCUT2D eigenvalue weighted by Crippen LogP contribution is 2.20. The zero-order valence-corrected chi connectivity index (χ0v) is 10.7. The molecule has 0 amide bonds. The summed E-state index contributed by atoms with van der Waals surface area (Å²) in [5.74, 6) is 0.00183. The third kappa shape index (κ3) is 3.48. The molecule has 0 saturated heterocycles. The van der Waals surface area contributed by atoms with Crippen LogP contribution in [0, 0.1) is 5.41 Å². The zero-order valence-electron chi connectivity index (χ0n) is 9.86. The second-order valence-electron chi connectivity index (χ2n) is 3.40. The summed E-state index contributed by atoms with van der Waals surface area (Å²) in [7, 11) is 0. The topological polar surface area (TPSA) is 58.9 Å². The van der Waals surface area contributed by atoms with Crippen LogP contribution in [0.3, 0.4) is 0 Å². The molecule has 0 bridgehead atoms. The van der Waals surface area contributed by atoms with Gasteiger partial charge in [0.15, 0.2) is 0 Å². The van der Waals surface area contributed by atoms with Crippen molar-refractivity contribution in [3.63, 3.8) is 0 Å². The number of nitrogens with zero attached hydrogens (tertiary/aromatic N) is 2. The summed E-state index contributed by atoms with van der Waals surface area (Å²) < 4.78 is 5.36. The van der Waals surface area contributed by atoms with Crippen molar-refractivity contribution in [3.8, 4) is 6.01 Å². The lowest BCUT2D eigenvalue weighted by Crippen LogP contribution is -2.08. The molecule has 0 fully saturated rings. The van der Waals surface area contributed by atoms with Gasteiger partial charge in [-0.05, 0) is 18.7 Å². The van der Waals surface area contributed by atoms with Gasteiger partial charge in [0.2, 0.25) is 0 Å². The van der Waals surface area contributed by atoms with Crippen LogP contribution in [0.2, 0.25) is 0 Å². The van der Waals surface area contributed by atoms with E-state index in [9.17, 15) is 0 Å². The summed E-state index contributed by atoms with van der Waals surface area (Å²) in [5.41, 5.74) is 0.834. The summed E-state index contributed by atoms with van der Waals surface area (Å²) in [6.45, 7) is 4.62. The first-order chi connectivity index (χ1) is 7.69. The summed E-state index contributed by atoms with van der Waals surface area (Å²) in [4.78, 5) is 8.33. The normalized spacial score (nSPS) is 12.2. The first-order valence-electron chi connectivity index (χ1n) is 5.27. The predicted octanol–water partition coefficient (Wildman–Crippen LogP) is 2.71. The second kappa shape index (κ2) is 6.48. The summed E-state index contributed by atoms with van der Waals surface area (Å²) in [5, 5.41) is 8.35. The Morgan fingerprint density at radius 1 is 1.62 bits per heavy atom. The summed E-state index contributed by atoms with van der Waals surface area (Å²) in [6, 6.07) is 2.23. The molecule has 1 N–H and O–H groups in total. The SMILES string of the molecule is CCCOc1nccc(C(C)C(=N)SC)n1. The van der Waals surface area contributed by atoms with Crippen molar-refractivity contribution in [3.05, 3.63) is 18.0 Å². The molecule has 0 saturated carbocycles. The average molecular weight is 239 g/mol. The predicted molar refractivity (Wildman–Crippen MR) is 67.5 cm³/mol. The fourth-order valence-corrected chi connectivity index (χ4v) is 1.64. The van der Waals surface area contributed by atoms with E-state index >= 15 is 0 Å². The molecule has 1 heterocycles. The highest BCUT2D eigenvalue weighted by molar-refractivity contribution is 8.13. The lowest BCUT2D eigenvalue weighted by Gasteiger charge is -2.11. The molecule has 0 radical (unpaired) electrons. The van der Waals surface area contributed by atoms with E-state index in [2.05, 4.69) is 9.97 Å². The smallest absolute Gasteiger partial charge is 0.316 e. The molecule has 1 rings (SSSR count). The number of hydrogen-bond acceptors (Lipinski definition) is 5. The van der Waals surface area contributed by atoms with Crippen molar-refractivity contribution in [2.45, 2.75) is 26.2 Å². The van der Waals surface area contributed by atoms with Gasteiger partial charge in [0.25, 0.3) is 0 Å². The van der Waals surface area contributed by atoms with Crippen LogP contribution in [0.1, 0.15) is 31.9 Å². The van der Waals surface area contributed by atoms with E-state index in [4.69, 9.17) is 10.1 Å². The van der Waals surface area contributed by atoms with Gasteiger partial charge in [-0.25, -0.2) is 4.98 Å². The van der Waals surface area contributed by atoms with Crippen LogP contribution in [0.5, 0.6) is 6.01 Å². The summed E-state index contributed by atoms with van der Waals surface area (Å²) >= 11 is 1.43. The van der Waals surface area contributed by atoms with Crippen LogP contribution in [0.25, 0.3) is 0 Å². The minimum atomic E-state index is 0.00183. The first kappa shape index (κ1) is 13.0. The molecule has 5 heteroatoms. The van der Waals surface area contributed by atoms with Gasteiger partial charge in [-0.3, -0.25) is 5.41 Å². The van der Waals surface area contributed by atoms with Gasteiger partial charge in [0, 0.05) is 12.1 Å². The lowest BCUT2D eigenvalue weighted by molar-refractivity contribution is 0.291. The maximum Gasteiger partial charge on any atom is 0.316 e. The van der Waals surface area contributed by atoms with Crippen molar-refractivity contribution >= 4 is 16.8 Å². The molecule has 0 spiro atoms. The molecule has 1 unspecified atom stereocenters. The Labute approximate surface area is 100 Å². The van der Waals surface area contributed by atoms with Gasteiger partial charge >= 0.3 is 6.01 Å². The Kier molecular flexibility index (Phi) is 5.25. The van der Waals surface area contributed by atoms with Crippen LogP contribution in [0.15, 0.2) is 12.3 Å². The largest absolute Gasteiger partial charge is 0.463 e. The van der Waals surface area contributed by atoms with E-state index in [-0.39, 0.29) is 5.92 Å². The van der Waals surface area contributed by atoms with Crippen LogP contribution >= 0.6 is 11.8 Å². The van der Waals surface area contributed by atoms with E-state index < -0.39 is 0 Å². The van der Waals surface area contributed by atoms with Gasteiger partial charge in [0.05, 0.1) is 17.3 Å². The molecule has 88 valence electrons. The Morgan fingerprint density at radius 3 is 3.00 bits per heavy atom. The van der Waals surface area contributed by atoms with Crippen molar-refractivity contribution < 1.29 is 4.74 Å². The third-order valence-electron chi connectivity index (χ3n) is 2.15. The highest BCUT2D eigenvalue weighted by atomic mass is 32.2. The number of hydrogen-bond donors (Lipinski definition) is 1. The molecule has 0 aromatic carbocycles. The Morgan fingerprint density at radius 2 is 2.38 bits per heavy atom. The number of ether oxygens (including phenoxy) is 1. The van der Waals surface area contributed by atoms with Crippen molar-refractivity contribution in [1.82, 2.24) is 9.97 Å². The average Bonchev–Trinajstić information content (AvgIpc) is 2.34. The molecule has 1 aromatic heterocycles. The maximum atomic E-state index is 7.75. The van der Waals surface area contributed by atoms with Crippen LogP contribution in [-0.2, 0) is 0 Å². The van der Waals surface area contributed by atoms with Crippen molar-refractivity contribution in [1.29, 1.82) is 5.41 Å². The lowest BCUT2D eigenvalue weighted by atomic mass is 10.1. The highest BCUT2D eigenvalue weighted by Gasteiger charge is 2.13. The zero-order chi connectivity index (χ0) is 12.0. The van der Waals surface area contributed by atoms with Gasteiger partial charge in [0.1, 0.15) is 0 Å². The number of nitrogens with one attached hydrogen (secondary N) is 1. The number of aromatic nitrogens is 2. The first-order valence-corrected chi connectivity index (χ1v) is 6.49. The van der Waals surface area contributed by atoms with Gasteiger partial charge in [-0.15, -0.1) is 11.8 Å². The molecule has 16 heavy (non-hydrogen) atoms. The fraction of sp³-hybridized carbons (Fsp3) is 0.545. The molecular formula is C11H17N3OS. The Hall–Kier alpha value is -1.10. The molecule has 0 aliphatic heterocycles. The van der Waals surface area contributed by atoms with Crippen LogP contribution in [0.4, 0.5) is 0 Å². The van der Waals surface area contributed by atoms with Gasteiger partial charge < -0.3 is 4.74 Å². The maximum absolute atomic E-state index is 7.75. The number of thioether (sulfide) groups is 1. The van der Waals surface area contributed by atoms with E-state index in [1.807, 2.05) is 26.2 Å². The molecule has 0 aliphatic rings. The monoisotopic (exact) mass is 239 g/mol. The molecule has 4 nitrogen and oxygen atoms in total. The van der Waals surface area contributed by atoms with E-state index in [1.165, 1.54) is 11.8 Å². The fourth-order valence-electron chi connectivity index (χ4n) is 1.17. The van der Waals surface area contributed by atoms with Gasteiger partial charge in [-0.1, -0.05) is 13.8 Å². The van der Waals surface area contributed by atoms with E-state index in [0.29, 0.717) is 17.7 Å². The van der Waals surface area contributed by atoms with Crippen molar-refractivity contribution in [2.75, 3.05) is 12.9 Å². The quantitative estimate of drug-likeness (QED) is 0.634. The minimum Gasteiger partial charge on any atom is -0.463 e. The molecule has 1 aromatic rings. The standard InChI is InChI=1S/C11H17N3OS/c1-4-7-15-11-13-6-5-9(14-11)8(2)10(12)16-3/h5-6,8,12H,4,7H2,1-3H3.